The topological polar surface area (TPSA) is 116 Å². The molecule has 3 aromatic heterocycles. The molecule has 3 heterocycles. The van der Waals surface area contributed by atoms with E-state index in [0.29, 0.717) is 11.5 Å². The maximum absolute atomic E-state index is 12.8. The van der Waals surface area contributed by atoms with Gasteiger partial charge in [-0.15, -0.1) is 0 Å². The summed E-state index contributed by atoms with van der Waals surface area (Å²) in [5.41, 5.74) is 2.72. The fourth-order valence-corrected chi connectivity index (χ4v) is 4.09. The van der Waals surface area contributed by atoms with Crippen molar-refractivity contribution in [3.05, 3.63) is 64.3 Å². The molecule has 5 rings (SSSR count). The highest BCUT2D eigenvalue weighted by Gasteiger charge is 2.22. The Labute approximate surface area is 177 Å². The molecule has 1 amide bonds. The molecule has 0 unspecified atom stereocenters. The van der Waals surface area contributed by atoms with Crippen LogP contribution in [0.4, 0.5) is 0 Å². The van der Waals surface area contributed by atoms with Crippen molar-refractivity contribution in [2.24, 2.45) is 0 Å². The second kappa shape index (κ2) is 7.82. The maximum atomic E-state index is 12.8. The minimum absolute atomic E-state index is 0.0266. The van der Waals surface area contributed by atoms with Gasteiger partial charge in [0.2, 0.25) is 11.7 Å². The van der Waals surface area contributed by atoms with Crippen molar-refractivity contribution in [1.82, 2.24) is 25.0 Å². The first-order valence-corrected chi connectivity index (χ1v) is 10.3. The number of benzene rings is 1. The van der Waals surface area contributed by atoms with Crippen LogP contribution in [0.15, 0.2) is 50.3 Å². The summed E-state index contributed by atoms with van der Waals surface area (Å²) < 4.78 is 12.2. The van der Waals surface area contributed by atoms with Gasteiger partial charge in [-0.05, 0) is 50.1 Å². The third-order valence-electron chi connectivity index (χ3n) is 5.61. The second-order valence-corrected chi connectivity index (χ2v) is 7.69. The SMILES string of the molecule is Cc1nc2cc(-c3noc(CNC(=O)c4ccco4)n3)ccc2n(C2CCCC2)c1=O. The van der Waals surface area contributed by atoms with E-state index in [0.717, 1.165) is 42.3 Å². The van der Waals surface area contributed by atoms with Crippen molar-refractivity contribution in [3.8, 4) is 11.4 Å². The molecule has 1 aliphatic carbocycles. The first-order valence-electron chi connectivity index (χ1n) is 10.3. The Bertz CT molecular complexity index is 1300. The molecule has 1 aromatic carbocycles. The van der Waals surface area contributed by atoms with Crippen molar-refractivity contribution in [2.75, 3.05) is 0 Å². The molecule has 0 bridgehead atoms. The Morgan fingerprint density at radius 3 is 2.84 bits per heavy atom. The predicted octanol–water partition coefficient (Wildman–Crippen LogP) is 3.39. The zero-order chi connectivity index (χ0) is 21.4. The molecule has 9 heteroatoms. The van der Waals surface area contributed by atoms with E-state index in [9.17, 15) is 9.59 Å². The maximum Gasteiger partial charge on any atom is 0.287 e. The highest BCUT2D eigenvalue weighted by atomic mass is 16.5. The standard InChI is InChI=1S/C22H21N5O4/c1-13-22(29)27(15-5-2-3-6-15)17-9-8-14(11-16(17)24-13)20-25-19(31-26-20)12-23-21(28)18-7-4-10-30-18/h4,7-11,15H,2-3,5-6,12H2,1H3,(H,23,28). The monoisotopic (exact) mass is 419 g/mol. The van der Waals surface area contributed by atoms with Gasteiger partial charge in [0.25, 0.3) is 11.5 Å². The number of amides is 1. The van der Waals surface area contributed by atoms with Gasteiger partial charge in [0.15, 0.2) is 5.76 Å². The van der Waals surface area contributed by atoms with Gasteiger partial charge in [0.1, 0.15) is 5.69 Å². The van der Waals surface area contributed by atoms with Gasteiger partial charge >= 0.3 is 0 Å². The number of carbonyl (C=O) groups is 1. The van der Waals surface area contributed by atoms with Crippen molar-refractivity contribution < 1.29 is 13.7 Å². The number of fused-ring (bicyclic) bond motifs is 1. The van der Waals surface area contributed by atoms with Gasteiger partial charge < -0.3 is 18.8 Å². The average molecular weight is 419 g/mol. The number of hydrogen-bond acceptors (Lipinski definition) is 7. The molecular formula is C22H21N5O4. The van der Waals surface area contributed by atoms with Gasteiger partial charge in [0.05, 0.1) is 23.8 Å². The summed E-state index contributed by atoms with van der Waals surface area (Å²) in [6, 6.07) is 9.05. The summed E-state index contributed by atoms with van der Waals surface area (Å²) >= 11 is 0. The lowest BCUT2D eigenvalue weighted by Gasteiger charge is -2.17. The first kappa shape index (κ1) is 19.2. The van der Waals surface area contributed by atoms with Crippen LogP contribution in [0.5, 0.6) is 0 Å². The van der Waals surface area contributed by atoms with Crippen LogP contribution in [0.2, 0.25) is 0 Å². The molecule has 1 saturated carbocycles. The third kappa shape index (κ3) is 3.63. The van der Waals surface area contributed by atoms with Crippen molar-refractivity contribution >= 4 is 16.9 Å². The van der Waals surface area contributed by atoms with Gasteiger partial charge in [-0.25, -0.2) is 4.98 Å². The van der Waals surface area contributed by atoms with E-state index in [1.807, 2.05) is 22.8 Å². The summed E-state index contributed by atoms with van der Waals surface area (Å²) in [5, 5.41) is 6.69. The van der Waals surface area contributed by atoms with E-state index in [-0.39, 0.29) is 35.7 Å². The van der Waals surface area contributed by atoms with E-state index in [2.05, 4.69) is 20.4 Å². The van der Waals surface area contributed by atoms with Crippen LogP contribution in [0.1, 0.15) is 53.9 Å². The summed E-state index contributed by atoms with van der Waals surface area (Å²) in [7, 11) is 0. The zero-order valence-corrected chi connectivity index (χ0v) is 17.0. The van der Waals surface area contributed by atoms with Crippen LogP contribution in [-0.4, -0.2) is 25.6 Å². The quantitative estimate of drug-likeness (QED) is 0.527. The van der Waals surface area contributed by atoms with Gasteiger partial charge in [-0.2, -0.15) is 4.98 Å². The summed E-state index contributed by atoms with van der Waals surface area (Å²) in [6.45, 7) is 1.83. The average Bonchev–Trinajstić information content (AvgIpc) is 3.55. The number of rotatable bonds is 5. The Morgan fingerprint density at radius 2 is 2.06 bits per heavy atom. The lowest BCUT2D eigenvalue weighted by atomic mass is 10.1. The zero-order valence-electron chi connectivity index (χ0n) is 17.0. The predicted molar refractivity (Wildman–Crippen MR) is 111 cm³/mol. The molecule has 31 heavy (non-hydrogen) atoms. The van der Waals surface area contributed by atoms with E-state index in [1.165, 1.54) is 6.26 Å². The minimum atomic E-state index is -0.361. The van der Waals surface area contributed by atoms with Crippen LogP contribution in [0, 0.1) is 6.92 Å². The number of nitrogens with zero attached hydrogens (tertiary/aromatic N) is 4. The third-order valence-corrected chi connectivity index (χ3v) is 5.61. The molecule has 0 aliphatic heterocycles. The molecule has 1 fully saturated rings. The van der Waals surface area contributed by atoms with E-state index in [4.69, 9.17) is 8.94 Å². The van der Waals surface area contributed by atoms with E-state index < -0.39 is 0 Å². The molecule has 158 valence electrons. The Kier molecular flexibility index (Phi) is 4.85. The van der Waals surface area contributed by atoms with Crippen molar-refractivity contribution in [1.29, 1.82) is 0 Å². The van der Waals surface area contributed by atoms with E-state index in [1.54, 1.807) is 19.1 Å². The smallest absolute Gasteiger partial charge is 0.287 e. The van der Waals surface area contributed by atoms with Crippen LogP contribution in [0.3, 0.4) is 0 Å². The molecule has 0 atom stereocenters. The Morgan fingerprint density at radius 1 is 1.23 bits per heavy atom. The summed E-state index contributed by atoms with van der Waals surface area (Å²) in [4.78, 5) is 33.6. The molecule has 0 spiro atoms. The largest absolute Gasteiger partial charge is 0.459 e. The highest BCUT2D eigenvalue weighted by Crippen LogP contribution is 2.31. The normalized spacial score (nSPS) is 14.4. The number of nitrogens with one attached hydrogen (secondary N) is 1. The number of aromatic nitrogens is 4. The molecule has 0 saturated heterocycles. The van der Waals surface area contributed by atoms with Crippen molar-refractivity contribution in [2.45, 2.75) is 45.2 Å². The first-order chi connectivity index (χ1) is 15.1. The molecular weight excluding hydrogens is 398 g/mol. The molecule has 0 radical (unpaired) electrons. The lowest BCUT2D eigenvalue weighted by Crippen LogP contribution is -2.26. The Balaban J connectivity index is 1.41. The number of aryl methyl sites for hydroxylation is 1. The van der Waals surface area contributed by atoms with E-state index >= 15 is 0 Å². The number of hydrogen-bond donors (Lipinski definition) is 1. The van der Waals surface area contributed by atoms with Gasteiger partial charge in [-0.3, -0.25) is 9.59 Å². The van der Waals surface area contributed by atoms with Crippen LogP contribution in [-0.2, 0) is 6.54 Å². The molecule has 9 nitrogen and oxygen atoms in total. The van der Waals surface area contributed by atoms with Gasteiger partial charge in [0, 0.05) is 11.6 Å². The summed E-state index contributed by atoms with van der Waals surface area (Å²) in [6.07, 6.45) is 5.73. The van der Waals surface area contributed by atoms with Crippen LogP contribution in [0.25, 0.3) is 22.4 Å². The fourth-order valence-electron chi connectivity index (χ4n) is 4.09. The Hall–Kier alpha value is -3.75. The van der Waals surface area contributed by atoms with Gasteiger partial charge in [-0.1, -0.05) is 18.0 Å². The fraction of sp³-hybridized carbons (Fsp3) is 0.318. The molecule has 1 N–H and O–H groups in total. The second-order valence-electron chi connectivity index (χ2n) is 7.69. The van der Waals surface area contributed by atoms with Crippen LogP contribution >= 0.6 is 0 Å². The minimum Gasteiger partial charge on any atom is -0.459 e. The molecule has 4 aromatic rings. The van der Waals surface area contributed by atoms with Crippen molar-refractivity contribution in [3.63, 3.8) is 0 Å². The number of furan rings is 1. The lowest BCUT2D eigenvalue weighted by molar-refractivity contribution is 0.0918. The number of carbonyl (C=O) groups excluding carboxylic acids is 1. The summed E-state index contributed by atoms with van der Waals surface area (Å²) in [5.74, 6) is 0.515. The molecule has 1 aliphatic rings. The van der Waals surface area contributed by atoms with Crippen LogP contribution < -0.4 is 10.9 Å². The highest BCUT2D eigenvalue weighted by molar-refractivity contribution is 5.91.